The minimum Gasteiger partial charge on any atom is -0.326 e. The standard InChI is InChI=1S/C16H30N4/c1-5-16(2,19(3)4)15(17)12-13-10-11-20(18-13)14-8-6-7-9-14/h10-11,14-15H,5-9,12,17H2,1-4H3. The highest BCUT2D eigenvalue weighted by atomic mass is 15.3. The maximum atomic E-state index is 6.47. The Balaban J connectivity index is 2.02. The van der Waals surface area contributed by atoms with Crippen molar-refractivity contribution in [3.63, 3.8) is 0 Å². The first kappa shape index (κ1) is 15.5. The van der Waals surface area contributed by atoms with Crippen LogP contribution in [-0.4, -0.2) is 40.4 Å². The molecule has 0 spiro atoms. The van der Waals surface area contributed by atoms with Crippen LogP contribution in [-0.2, 0) is 6.42 Å². The summed E-state index contributed by atoms with van der Waals surface area (Å²) in [5.41, 5.74) is 7.62. The third-order valence-electron chi connectivity index (χ3n) is 5.33. The molecule has 0 aromatic carbocycles. The third-order valence-corrected chi connectivity index (χ3v) is 5.33. The number of likely N-dealkylation sites (N-methyl/N-ethyl adjacent to an activating group) is 1. The lowest BCUT2D eigenvalue weighted by Crippen LogP contribution is -2.55. The van der Waals surface area contributed by atoms with Crippen LogP contribution in [0, 0.1) is 0 Å². The van der Waals surface area contributed by atoms with Gasteiger partial charge in [0.1, 0.15) is 0 Å². The Hall–Kier alpha value is -0.870. The topological polar surface area (TPSA) is 47.1 Å². The van der Waals surface area contributed by atoms with E-state index in [1.807, 2.05) is 0 Å². The fourth-order valence-corrected chi connectivity index (χ4v) is 3.21. The van der Waals surface area contributed by atoms with E-state index in [4.69, 9.17) is 10.8 Å². The molecule has 4 nitrogen and oxygen atoms in total. The zero-order valence-corrected chi connectivity index (χ0v) is 13.5. The molecule has 2 N–H and O–H groups in total. The summed E-state index contributed by atoms with van der Waals surface area (Å²) < 4.78 is 2.16. The van der Waals surface area contributed by atoms with Crippen molar-refractivity contribution in [1.29, 1.82) is 0 Å². The molecule has 0 aliphatic heterocycles. The summed E-state index contributed by atoms with van der Waals surface area (Å²) in [6, 6.07) is 2.87. The van der Waals surface area contributed by atoms with Crippen molar-refractivity contribution in [2.75, 3.05) is 14.1 Å². The van der Waals surface area contributed by atoms with Crippen LogP contribution in [0.4, 0.5) is 0 Å². The molecule has 0 amide bonds. The first-order valence-corrected chi connectivity index (χ1v) is 7.94. The molecule has 20 heavy (non-hydrogen) atoms. The second-order valence-corrected chi connectivity index (χ2v) is 6.64. The molecule has 2 unspecified atom stereocenters. The van der Waals surface area contributed by atoms with Gasteiger partial charge in [-0.2, -0.15) is 5.10 Å². The zero-order chi connectivity index (χ0) is 14.8. The molecule has 1 fully saturated rings. The van der Waals surface area contributed by atoms with Crippen LogP contribution in [0.15, 0.2) is 12.3 Å². The molecule has 2 rings (SSSR count). The van der Waals surface area contributed by atoms with Gasteiger partial charge in [-0.25, -0.2) is 0 Å². The Bertz CT molecular complexity index is 420. The molecule has 0 bridgehead atoms. The van der Waals surface area contributed by atoms with Crippen LogP contribution in [0.2, 0.25) is 0 Å². The molecular weight excluding hydrogens is 248 g/mol. The van der Waals surface area contributed by atoms with Crippen molar-refractivity contribution in [1.82, 2.24) is 14.7 Å². The summed E-state index contributed by atoms with van der Waals surface area (Å²) in [7, 11) is 4.22. The quantitative estimate of drug-likeness (QED) is 0.870. The van der Waals surface area contributed by atoms with Gasteiger partial charge in [0.2, 0.25) is 0 Å². The summed E-state index contributed by atoms with van der Waals surface area (Å²) in [5.74, 6) is 0. The molecule has 1 aromatic heterocycles. The average molecular weight is 278 g/mol. The Kier molecular flexibility index (Phi) is 4.86. The van der Waals surface area contributed by atoms with Crippen LogP contribution < -0.4 is 5.73 Å². The largest absolute Gasteiger partial charge is 0.326 e. The molecule has 4 heteroatoms. The Labute approximate surface area is 123 Å². The zero-order valence-electron chi connectivity index (χ0n) is 13.5. The molecular formula is C16H30N4. The molecule has 1 saturated carbocycles. The molecule has 2 atom stereocenters. The van der Waals surface area contributed by atoms with Crippen LogP contribution in [0.3, 0.4) is 0 Å². The van der Waals surface area contributed by atoms with E-state index < -0.39 is 0 Å². The van der Waals surface area contributed by atoms with Crippen molar-refractivity contribution in [2.24, 2.45) is 5.73 Å². The fourth-order valence-electron chi connectivity index (χ4n) is 3.21. The SMILES string of the molecule is CCC(C)(C(N)Cc1ccn(C2CCCC2)n1)N(C)C. The molecule has 1 aliphatic carbocycles. The highest BCUT2D eigenvalue weighted by Crippen LogP contribution is 2.29. The van der Waals surface area contributed by atoms with Gasteiger partial charge in [-0.1, -0.05) is 19.8 Å². The van der Waals surface area contributed by atoms with Gasteiger partial charge in [-0.05, 0) is 46.3 Å². The molecule has 1 heterocycles. The van der Waals surface area contributed by atoms with Crippen LogP contribution >= 0.6 is 0 Å². The van der Waals surface area contributed by atoms with Crippen molar-refractivity contribution in [2.45, 2.75) is 70.0 Å². The van der Waals surface area contributed by atoms with Crippen molar-refractivity contribution >= 4 is 0 Å². The Morgan fingerprint density at radius 1 is 1.45 bits per heavy atom. The number of nitrogens with zero attached hydrogens (tertiary/aromatic N) is 3. The van der Waals surface area contributed by atoms with E-state index in [2.05, 4.69) is 49.8 Å². The minimum absolute atomic E-state index is 0.0249. The Morgan fingerprint density at radius 2 is 2.10 bits per heavy atom. The highest BCUT2D eigenvalue weighted by molar-refractivity contribution is 5.06. The predicted molar refractivity (Wildman–Crippen MR) is 83.8 cm³/mol. The molecule has 114 valence electrons. The van der Waals surface area contributed by atoms with Gasteiger partial charge in [0.05, 0.1) is 11.7 Å². The van der Waals surface area contributed by atoms with E-state index in [0.29, 0.717) is 6.04 Å². The summed E-state index contributed by atoms with van der Waals surface area (Å²) in [6.45, 7) is 4.45. The van der Waals surface area contributed by atoms with Crippen molar-refractivity contribution in [3.8, 4) is 0 Å². The smallest absolute Gasteiger partial charge is 0.0640 e. The summed E-state index contributed by atoms with van der Waals surface area (Å²) in [5, 5.41) is 4.76. The number of aromatic nitrogens is 2. The summed E-state index contributed by atoms with van der Waals surface area (Å²) in [6.07, 6.45) is 9.26. The lowest BCUT2D eigenvalue weighted by Gasteiger charge is -2.40. The summed E-state index contributed by atoms with van der Waals surface area (Å²) >= 11 is 0. The second-order valence-electron chi connectivity index (χ2n) is 6.64. The second kappa shape index (κ2) is 6.27. The van der Waals surface area contributed by atoms with E-state index in [1.54, 1.807) is 0 Å². The number of hydrogen-bond donors (Lipinski definition) is 1. The first-order chi connectivity index (χ1) is 9.47. The average Bonchev–Trinajstić information content (AvgIpc) is 3.07. The van der Waals surface area contributed by atoms with Crippen LogP contribution in [0.5, 0.6) is 0 Å². The normalized spacial score (nSPS) is 21.3. The van der Waals surface area contributed by atoms with Gasteiger partial charge in [0.15, 0.2) is 0 Å². The lowest BCUT2D eigenvalue weighted by atomic mass is 9.86. The van der Waals surface area contributed by atoms with E-state index in [0.717, 1.165) is 18.5 Å². The predicted octanol–water partition coefficient (Wildman–Crippen LogP) is 2.60. The highest BCUT2D eigenvalue weighted by Gasteiger charge is 2.32. The van der Waals surface area contributed by atoms with E-state index >= 15 is 0 Å². The molecule has 1 aliphatic rings. The number of nitrogens with two attached hydrogens (primary N) is 1. The summed E-state index contributed by atoms with van der Waals surface area (Å²) in [4.78, 5) is 2.24. The van der Waals surface area contributed by atoms with Gasteiger partial charge in [-0.15, -0.1) is 0 Å². The van der Waals surface area contributed by atoms with Gasteiger partial charge in [-0.3, -0.25) is 4.68 Å². The van der Waals surface area contributed by atoms with E-state index in [1.165, 1.54) is 25.7 Å². The van der Waals surface area contributed by atoms with Gasteiger partial charge in [0.25, 0.3) is 0 Å². The monoisotopic (exact) mass is 278 g/mol. The maximum absolute atomic E-state index is 6.47. The third kappa shape index (κ3) is 3.07. The van der Waals surface area contributed by atoms with Gasteiger partial charge < -0.3 is 10.6 Å². The first-order valence-electron chi connectivity index (χ1n) is 7.94. The van der Waals surface area contributed by atoms with Crippen molar-refractivity contribution in [3.05, 3.63) is 18.0 Å². The molecule has 0 radical (unpaired) electrons. The minimum atomic E-state index is 0.0249. The maximum Gasteiger partial charge on any atom is 0.0640 e. The molecule has 1 aromatic rings. The lowest BCUT2D eigenvalue weighted by molar-refractivity contribution is 0.131. The van der Waals surface area contributed by atoms with Crippen molar-refractivity contribution < 1.29 is 0 Å². The molecule has 0 saturated heterocycles. The number of rotatable bonds is 6. The number of hydrogen-bond acceptors (Lipinski definition) is 3. The Morgan fingerprint density at radius 3 is 2.65 bits per heavy atom. The van der Waals surface area contributed by atoms with Crippen LogP contribution in [0.25, 0.3) is 0 Å². The van der Waals surface area contributed by atoms with Gasteiger partial charge in [0, 0.05) is 24.2 Å². The van der Waals surface area contributed by atoms with Gasteiger partial charge >= 0.3 is 0 Å². The fraction of sp³-hybridized carbons (Fsp3) is 0.812. The van der Waals surface area contributed by atoms with Crippen LogP contribution in [0.1, 0.15) is 57.7 Å². The van der Waals surface area contributed by atoms with E-state index in [9.17, 15) is 0 Å². The van der Waals surface area contributed by atoms with E-state index in [-0.39, 0.29) is 11.6 Å².